The predicted molar refractivity (Wildman–Crippen MR) is 124 cm³/mol. The number of benzene rings is 2. The Kier molecular flexibility index (Phi) is 8.76. The number of hydrazine groups is 1. The number of rotatable bonds is 5. The van der Waals surface area contributed by atoms with Gasteiger partial charge in [0, 0.05) is 33.6 Å². The molecular weight excluding hydrogens is 492 g/mol. The first-order valence-electron chi connectivity index (χ1n) is 8.88. The molecule has 158 valence electrons. The summed E-state index contributed by atoms with van der Waals surface area (Å²) >= 11 is 14.4. The molecular formula is C20H20BrClN4O3S. The number of carbonyl (C=O) groups excluding carboxylic acids is 3. The van der Waals surface area contributed by atoms with Crippen LogP contribution in [0.3, 0.4) is 0 Å². The molecule has 4 N–H and O–H groups in total. The van der Waals surface area contributed by atoms with E-state index in [-0.39, 0.29) is 23.9 Å². The molecule has 10 heteroatoms. The number of nitrogens with one attached hydrogen (secondary N) is 4. The van der Waals surface area contributed by atoms with Crippen LogP contribution in [0.5, 0.6) is 0 Å². The van der Waals surface area contributed by atoms with Crippen molar-refractivity contribution >= 4 is 68.3 Å². The van der Waals surface area contributed by atoms with Crippen LogP contribution in [0.1, 0.15) is 34.3 Å². The Balaban J connectivity index is 1.73. The van der Waals surface area contributed by atoms with Gasteiger partial charge in [-0.1, -0.05) is 39.7 Å². The number of hydrogen-bond donors (Lipinski definition) is 4. The lowest BCUT2D eigenvalue weighted by molar-refractivity contribution is -0.124. The number of anilines is 1. The third-order valence-electron chi connectivity index (χ3n) is 4.10. The van der Waals surface area contributed by atoms with E-state index in [0.717, 1.165) is 15.6 Å². The van der Waals surface area contributed by atoms with Crippen molar-refractivity contribution in [3.63, 3.8) is 0 Å². The Morgan fingerprint density at radius 3 is 2.43 bits per heavy atom. The lowest BCUT2D eigenvalue weighted by atomic mass is 10.1. The second-order valence-electron chi connectivity index (χ2n) is 6.38. The fourth-order valence-electron chi connectivity index (χ4n) is 2.31. The molecule has 0 aliphatic rings. The van der Waals surface area contributed by atoms with E-state index in [1.807, 2.05) is 6.92 Å². The van der Waals surface area contributed by atoms with E-state index in [1.165, 1.54) is 0 Å². The molecule has 0 saturated carbocycles. The van der Waals surface area contributed by atoms with Crippen molar-refractivity contribution in [2.45, 2.75) is 26.7 Å². The van der Waals surface area contributed by atoms with Crippen molar-refractivity contribution in [2.75, 3.05) is 5.32 Å². The van der Waals surface area contributed by atoms with E-state index in [4.69, 9.17) is 23.8 Å². The molecule has 0 atom stereocenters. The Labute approximate surface area is 193 Å². The molecule has 7 nitrogen and oxygen atoms in total. The van der Waals surface area contributed by atoms with Crippen LogP contribution in [0, 0.1) is 13.8 Å². The second-order valence-corrected chi connectivity index (χ2v) is 8.05. The minimum atomic E-state index is -0.456. The third kappa shape index (κ3) is 7.08. The van der Waals surface area contributed by atoms with Crippen LogP contribution in [-0.4, -0.2) is 22.8 Å². The summed E-state index contributed by atoms with van der Waals surface area (Å²) in [6, 6.07) is 10.3. The smallest absolute Gasteiger partial charge is 0.257 e. The maximum Gasteiger partial charge on any atom is 0.257 e. The number of hydrogen-bond acceptors (Lipinski definition) is 4. The highest BCUT2D eigenvalue weighted by molar-refractivity contribution is 9.10. The molecule has 0 aromatic heterocycles. The summed E-state index contributed by atoms with van der Waals surface area (Å²) in [5.74, 6) is -1.20. The zero-order valence-electron chi connectivity index (χ0n) is 16.3. The number of carbonyl (C=O) groups is 3. The molecule has 0 saturated heterocycles. The Bertz CT molecular complexity index is 1000. The first-order valence-corrected chi connectivity index (χ1v) is 10.5. The Hall–Kier alpha value is -2.49. The summed E-state index contributed by atoms with van der Waals surface area (Å²) in [5.41, 5.74) is 7.54. The third-order valence-corrected chi connectivity index (χ3v) is 5.57. The molecule has 30 heavy (non-hydrogen) atoms. The average molecular weight is 512 g/mol. The van der Waals surface area contributed by atoms with Crippen LogP contribution < -0.4 is 21.5 Å². The van der Waals surface area contributed by atoms with Crippen molar-refractivity contribution in [2.24, 2.45) is 0 Å². The van der Waals surface area contributed by atoms with E-state index in [1.54, 1.807) is 43.3 Å². The van der Waals surface area contributed by atoms with E-state index in [9.17, 15) is 14.4 Å². The van der Waals surface area contributed by atoms with Gasteiger partial charge in [-0.15, -0.1) is 0 Å². The normalized spacial score (nSPS) is 10.1. The van der Waals surface area contributed by atoms with Crippen molar-refractivity contribution in [3.05, 3.63) is 62.6 Å². The first kappa shape index (κ1) is 23.8. The number of thiocarbonyl (C=S) groups is 1. The van der Waals surface area contributed by atoms with Crippen LogP contribution in [0.25, 0.3) is 0 Å². The molecule has 0 aliphatic carbocycles. The van der Waals surface area contributed by atoms with Gasteiger partial charge in [-0.05, 0) is 61.5 Å². The molecule has 0 radical (unpaired) electrons. The Morgan fingerprint density at radius 2 is 1.73 bits per heavy atom. The molecule has 2 aromatic rings. The molecule has 2 rings (SSSR count). The Morgan fingerprint density at radius 1 is 1.03 bits per heavy atom. The number of amides is 3. The SMILES string of the molecule is Cc1ccc(C(=O)NC(=S)NNC(=O)CCC(=O)Nc2cccc(Cl)c2C)cc1Br. The van der Waals surface area contributed by atoms with E-state index in [2.05, 4.69) is 37.4 Å². The van der Waals surface area contributed by atoms with Gasteiger partial charge in [0.15, 0.2) is 5.11 Å². The minimum absolute atomic E-state index is 0.0318. The largest absolute Gasteiger partial charge is 0.326 e. The molecule has 0 aliphatic heterocycles. The molecule has 2 aromatic carbocycles. The van der Waals surface area contributed by atoms with Gasteiger partial charge in [-0.25, -0.2) is 0 Å². The maximum atomic E-state index is 12.2. The minimum Gasteiger partial charge on any atom is -0.326 e. The van der Waals surface area contributed by atoms with Gasteiger partial charge in [0.2, 0.25) is 11.8 Å². The lowest BCUT2D eigenvalue weighted by Gasteiger charge is -2.12. The fraction of sp³-hybridized carbons (Fsp3) is 0.200. The highest BCUT2D eigenvalue weighted by Gasteiger charge is 2.12. The number of aryl methyl sites for hydroxylation is 1. The zero-order chi connectivity index (χ0) is 22.3. The maximum absolute atomic E-state index is 12.2. The van der Waals surface area contributed by atoms with Crippen LogP contribution >= 0.6 is 39.7 Å². The summed E-state index contributed by atoms with van der Waals surface area (Å²) in [6.07, 6.45) is -0.101. The zero-order valence-corrected chi connectivity index (χ0v) is 19.4. The number of halogens is 2. The molecule has 0 heterocycles. The molecule has 3 amide bonds. The van der Waals surface area contributed by atoms with Gasteiger partial charge < -0.3 is 5.32 Å². The standard InChI is InChI=1S/C20H20BrClN4O3S/c1-11-6-7-13(10-14(11)21)19(29)24-20(30)26-25-18(28)9-8-17(27)23-16-5-3-4-15(22)12(16)2/h3-7,10H,8-9H2,1-2H3,(H,23,27)(H,25,28)(H2,24,26,29,30). The van der Waals surface area contributed by atoms with Crippen LogP contribution in [-0.2, 0) is 9.59 Å². The van der Waals surface area contributed by atoms with E-state index in [0.29, 0.717) is 16.3 Å². The topological polar surface area (TPSA) is 99.3 Å². The highest BCUT2D eigenvalue weighted by Crippen LogP contribution is 2.23. The summed E-state index contributed by atoms with van der Waals surface area (Å²) in [5, 5.41) is 5.65. The fourth-order valence-corrected chi connectivity index (χ4v) is 3.01. The lowest BCUT2D eigenvalue weighted by Crippen LogP contribution is -2.48. The van der Waals surface area contributed by atoms with Gasteiger partial charge in [-0.3, -0.25) is 30.6 Å². The van der Waals surface area contributed by atoms with E-state index >= 15 is 0 Å². The quantitative estimate of drug-likeness (QED) is 0.362. The monoisotopic (exact) mass is 510 g/mol. The van der Waals surface area contributed by atoms with Crippen molar-refractivity contribution in [1.82, 2.24) is 16.2 Å². The van der Waals surface area contributed by atoms with Gasteiger partial charge in [0.1, 0.15) is 0 Å². The summed E-state index contributed by atoms with van der Waals surface area (Å²) < 4.78 is 0.800. The van der Waals surface area contributed by atoms with Gasteiger partial charge >= 0.3 is 0 Å². The average Bonchev–Trinajstić information content (AvgIpc) is 2.70. The second kappa shape index (κ2) is 11.1. The van der Waals surface area contributed by atoms with Gasteiger partial charge in [0.05, 0.1) is 0 Å². The predicted octanol–water partition coefficient (Wildman–Crippen LogP) is 3.77. The molecule has 0 spiro atoms. The van der Waals surface area contributed by atoms with Crippen molar-refractivity contribution in [1.29, 1.82) is 0 Å². The highest BCUT2D eigenvalue weighted by atomic mass is 79.9. The summed E-state index contributed by atoms with van der Waals surface area (Å²) in [6.45, 7) is 3.70. The van der Waals surface area contributed by atoms with Crippen LogP contribution in [0.4, 0.5) is 5.69 Å². The summed E-state index contributed by atoms with van der Waals surface area (Å²) in [4.78, 5) is 36.1. The van der Waals surface area contributed by atoms with Crippen molar-refractivity contribution in [3.8, 4) is 0 Å². The van der Waals surface area contributed by atoms with Crippen LogP contribution in [0.2, 0.25) is 5.02 Å². The molecule has 0 unspecified atom stereocenters. The van der Waals surface area contributed by atoms with Crippen molar-refractivity contribution < 1.29 is 14.4 Å². The van der Waals surface area contributed by atoms with Crippen LogP contribution in [0.15, 0.2) is 40.9 Å². The summed E-state index contributed by atoms with van der Waals surface area (Å²) in [7, 11) is 0. The molecule has 0 fully saturated rings. The van der Waals surface area contributed by atoms with Gasteiger partial charge in [0.25, 0.3) is 5.91 Å². The van der Waals surface area contributed by atoms with E-state index < -0.39 is 11.8 Å². The molecule has 0 bridgehead atoms. The van der Waals surface area contributed by atoms with Gasteiger partial charge in [-0.2, -0.15) is 0 Å². The first-order chi connectivity index (χ1) is 14.2.